The fourth-order valence-electron chi connectivity index (χ4n) is 4.13. The number of aromatic nitrogens is 2. The van der Waals surface area contributed by atoms with Crippen LogP contribution in [0.3, 0.4) is 0 Å². The molecule has 0 aliphatic carbocycles. The summed E-state index contributed by atoms with van der Waals surface area (Å²) in [6.45, 7) is 0. The highest BCUT2D eigenvalue weighted by Crippen LogP contribution is 2.30. The van der Waals surface area contributed by atoms with Gasteiger partial charge in [0.1, 0.15) is 11.9 Å². The lowest BCUT2D eigenvalue weighted by Gasteiger charge is -2.29. The third kappa shape index (κ3) is 2.57. The van der Waals surface area contributed by atoms with Crippen LogP contribution in [0, 0.1) is 0 Å². The molecule has 2 aromatic heterocycles. The van der Waals surface area contributed by atoms with Gasteiger partial charge in [0.15, 0.2) is 0 Å². The molecule has 4 heteroatoms. The number of nitrogens with zero attached hydrogens (tertiary/aromatic N) is 1. The number of rotatable bonds is 3. The average Bonchev–Trinajstić information content (AvgIpc) is 3.21. The number of pyridine rings is 1. The minimum atomic E-state index is 0.326. The molecule has 1 aromatic carbocycles. The van der Waals surface area contributed by atoms with Crippen molar-refractivity contribution in [1.29, 1.82) is 0 Å². The maximum absolute atomic E-state index is 6.18. The van der Waals surface area contributed by atoms with E-state index in [4.69, 9.17) is 4.74 Å². The van der Waals surface area contributed by atoms with Crippen LogP contribution < -0.4 is 10.1 Å². The van der Waals surface area contributed by atoms with Crippen LogP contribution in [0.15, 0.2) is 48.8 Å². The Morgan fingerprint density at radius 3 is 2.67 bits per heavy atom. The van der Waals surface area contributed by atoms with Crippen molar-refractivity contribution in [2.75, 3.05) is 0 Å². The molecule has 0 saturated carbocycles. The van der Waals surface area contributed by atoms with Crippen molar-refractivity contribution < 1.29 is 4.74 Å². The molecule has 2 N–H and O–H groups in total. The SMILES string of the molecule is c1cc2cc(-c3ccc(OC4C[C@H]5CC[C@@H](C4)N5)cn3)ccc2[nH]1. The van der Waals surface area contributed by atoms with E-state index in [2.05, 4.69) is 45.6 Å². The number of benzene rings is 1. The lowest BCUT2D eigenvalue weighted by atomic mass is 10.0. The molecule has 0 amide bonds. The molecular weight excluding hydrogens is 298 g/mol. The molecule has 2 fully saturated rings. The summed E-state index contributed by atoms with van der Waals surface area (Å²) >= 11 is 0. The summed E-state index contributed by atoms with van der Waals surface area (Å²) in [5, 5.41) is 4.86. The summed E-state index contributed by atoms with van der Waals surface area (Å²) in [6.07, 6.45) is 8.97. The Hall–Kier alpha value is -2.33. The number of hydrogen-bond acceptors (Lipinski definition) is 3. The largest absolute Gasteiger partial charge is 0.489 e. The Labute approximate surface area is 141 Å². The van der Waals surface area contributed by atoms with Gasteiger partial charge < -0.3 is 15.0 Å². The third-order valence-corrected chi connectivity index (χ3v) is 5.32. The van der Waals surface area contributed by atoms with Gasteiger partial charge in [0.2, 0.25) is 0 Å². The molecule has 4 heterocycles. The van der Waals surface area contributed by atoms with Crippen LogP contribution in [0.25, 0.3) is 22.2 Å². The summed E-state index contributed by atoms with van der Waals surface area (Å²) in [5.74, 6) is 0.882. The van der Waals surface area contributed by atoms with Crippen LogP contribution in [0.4, 0.5) is 0 Å². The van der Waals surface area contributed by atoms with Crippen molar-refractivity contribution in [1.82, 2.24) is 15.3 Å². The van der Waals surface area contributed by atoms with Crippen molar-refractivity contribution >= 4 is 10.9 Å². The van der Waals surface area contributed by atoms with Gasteiger partial charge in [-0.1, -0.05) is 6.07 Å². The Morgan fingerprint density at radius 1 is 1.00 bits per heavy atom. The number of piperidine rings is 1. The second kappa shape index (κ2) is 5.64. The van der Waals surface area contributed by atoms with Crippen LogP contribution in [0.2, 0.25) is 0 Å². The van der Waals surface area contributed by atoms with E-state index in [1.54, 1.807) is 0 Å². The molecule has 5 rings (SSSR count). The monoisotopic (exact) mass is 319 g/mol. The fraction of sp³-hybridized carbons (Fsp3) is 0.350. The predicted molar refractivity (Wildman–Crippen MR) is 95.1 cm³/mol. The van der Waals surface area contributed by atoms with E-state index >= 15 is 0 Å². The smallest absolute Gasteiger partial charge is 0.138 e. The van der Waals surface area contributed by atoms with E-state index in [1.165, 1.54) is 18.2 Å². The van der Waals surface area contributed by atoms with Gasteiger partial charge in [-0.3, -0.25) is 4.98 Å². The first-order valence-electron chi connectivity index (χ1n) is 8.80. The molecule has 0 radical (unpaired) electrons. The minimum absolute atomic E-state index is 0.326. The van der Waals surface area contributed by atoms with Gasteiger partial charge in [-0.2, -0.15) is 0 Å². The van der Waals surface area contributed by atoms with E-state index < -0.39 is 0 Å². The second-order valence-corrected chi connectivity index (χ2v) is 7.01. The Kier molecular flexibility index (Phi) is 3.30. The van der Waals surface area contributed by atoms with Crippen LogP contribution in [0.5, 0.6) is 5.75 Å². The lowest BCUT2D eigenvalue weighted by molar-refractivity contribution is 0.137. The van der Waals surface area contributed by atoms with Crippen LogP contribution in [0.1, 0.15) is 25.7 Å². The van der Waals surface area contributed by atoms with E-state index in [1.807, 2.05) is 18.5 Å². The Bertz CT molecular complexity index is 843. The van der Waals surface area contributed by atoms with Crippen molar-refractivity contribution in [2.45, 2.75) is 43.9 Å². The molecule has 2 saturated heterocycles. The summed E-state index contributed by atoms with van der Waals surface area (Å²) in [4.78, 5) is 7.83. The predicted octanol–water partition coefficient (Wildman–Crippen LogP) is 3.89. The quantitative estimate of drug-likeness (QED) is 0.770. The Morgan fingerprint density at radius 2 is 1.88 bits per heavy atom. The van der Waals surface area contributed by atoms with Crippen molar-refractivity contribution in [3.05, 3.63) is 48.8 Å². The highest BCUT2D eigenvalue weighted by Gasteiger charge is 2.34. The number of ether oxygens (including phenoxy) is 1. The normalized spacial score (nSPS) is 25.9. The van der Waals surface area contributed by atoms with Crippen molar-refractivity contribution in [3.8, 4) is 17.0 Å². The van der Waals surface area contributed by atoms with Gasteiger partial charge in [-0.25, -0.2) is 0 Å². The van der Waals surface area contributed by atoms with Crippen molar-refractivity contribution in [2.24, 2.45) is 0 Å². The fourth-order valence-corrected chi connectivity index (χ4v) is 4.13. The zero-order valence-electron chi connectivity index (χ0n) is 13.5. The number of fused-ring (bicyclic) bond motifs is 3. The number of hydrogen-bond donors (Lipinski definition) is 2. The summed E-state index contributed by atoms with van der Waals surface area (Å²) in [6, 6.07) is 13.9. The number of H-pyrrole nitrogens is 1. The number of aromatic amines is 1. The highest BCUT2D eigenvalue weighted by molar-refractivity contribution is 5.84. The summed E-state index contributed by atoms with van der Waals surface area (Å²) in [5.41, 5.74) is 3.27. The summed E-state index contributed by atoms with van der Waals surface area (Å²) < 4.78 is 6.18. The molecule has 24 heavy (non-hydrogen) atoms. The minimum Gasteiger partial charge on any atom is -0.489 e. The summed E-state index contributed by atoms with van der Waals surface area (Å²) in [7, 11) is 0. The van der Waals surface area contributed by atoms with Gasteiger partial charge in [0.05, 0.1) is 11.9 Å². The molecular formula is C20H21N3O. The first-order valence-corrected chi connectivity index (χ1v) is 8.80. The maximum atomic E-state index is 6.18. The lowest BCUT2D eigenvalue weighted by Crippen LogP contribution is -2.42. The first-order chi connectivity index (χ1) is 11.8. The average molecular weight is 319 g/mol. The Balaban J connectivity index is 1.33. The van der Waals surface area contributed by atoms with Gasteiger partial charge in [0.25, 0.3) is 0 Å². The zero-order chi connectivity index (χ0) is 15.9. The maximum Gasteiger partial charge on any atom is 0.138 e. The molecule has 2 aliphatic heterocycles. The number of nitrogens with one attached hydrogen (secondary N) is 2. The highest BCUT2D eigenvalue weighted by atomic mass is 16.5. The van der Waals surface area contributed by atoms with E-state index in [0.717, 1.165) is 35.4 Å². The molecule has 3 aromatic rings. The molecule has 122 valence electrons. The molecule has 0 spiro atoms. The van der Waals surface area contributed by atoms with Crippen LogP contribution >= 0.6 is 0 Å². The molecule has 3 atom stereocenters. The van der Waals surface area contributed by atoms with Gasteiger partial charge >= 0.3 is 0 Å². The standard InChI is InChI=1S/C20H21N3O/c1-5-19-14(7-8-21-19)9-13(1)20-6-4-17(12-22-20)24-18-10-15-2-3-16(11-18)23-15/h1,4-9,12,15-16,18,21,23H,2-3,10-11H2/t15-,16+,18?. The van der Waals surface area contributed by atoms with Crippen LogP contribution in [-0.4, -0.2) is 28.2 Å². The van der Waals surface area contributed by atoms with Gasteiger partial charge in [0, 0.05) is 34.7 Å². The molecule has 2 aliphatic rings. The molecule has 4 nitrogen and oxygen atoms in total. The topological polar surface area (TPSA) is 49.9 Å². The van der Waals surface area contributed by atoms with Gasteiger partial charge in [-0.15, -0.1) is 0 Å². The van der Waals surface area contributed by atoms with Crippen LogP contribution in [-0.2, 0) is 0 Å². The van der Waals surface area contributed by atoms with E-state index in [0.29, 0.717) is 18.2 Å². The van der Waals surface area contributed by atoms with Crippen molar-refractivity contribution in [3.63, 3.8) is 0 Å². The third-order valence-electron chi connectivity index (χ3n) is 5.32. The zero-order valence-corrected chi connectivity index (χ0v) is 13.5. The second-order valence-electron chi connectivity index (χ2n) is 7.01. The first kappa shape index (κ1) is 14.1. The van der Waals surface area contributed by atoms with Gasteiger partial charge in [-0.05, 0) is 56.0 Å². The van der Waals surface area contributed by atoms with E-state index in [-0.39, 0.29) is 0 Å². The molecule has 2 bridgehead atoms. The van der Waals surface area contributed by atoms with E-state index in [9.17, 15) is 0 Å². The molecule has 1 unspecified atom stereocenters.